The van der Waals surface area contributed by atoms with E-state index >= 15 is 0 Å². The smallest absolute Gasteiger partial charge is 0.0254 e. The van der Waals surface area contributed by atoms with E-state index in [9.17, 15) is 0 Å². The first kappa shape index (κ1) is 16.5. The standard InChI is InChI=1S/C18H31N3/c1-5-10-19-11-16-6-8-17(9-7-16)13-21-12-15(2)18(14-21)20(3)4/h6-9,15,18-19H,5,10-14H2,1-4H3. The lowest BCUT2D eigenvalue weighted by molar-refractivity contribution is 0.250. The zero-order chi connectivity index (χ0) is 15.2. The van der Waals surface area contributed by atoms with Gasteiger partial charge in [-0.2, -0.15) is 0 Å². The molecular formula is C18H31N3. The lowest BCUT2D eigenvalue weighted by Crippen LogP contribution is -2.34. The number of benzene rings is 1. The summed E-state index contributed by atoms with van der Waals surface area (Å²) in [5.41, 5.74) is 2.81. The Balaban J connectivity index is 1.83. The quantitative estimate of drug-likeness (QED) is 0.778. The zero-order valence-corrected chi connectivity index (χ0v) is 14.1. The molecule has 21 heavy (non-hydrogen) atoms. The van der Waals surface area contributed by atoms with Crippen molar-refractivity contribution in [2.45, 2.75) is 39.4 Å². The second-order valence-corrected chi connectivity index (χ2v) is 6.70. The van der Waals surface area contributed by atoms with E-state index in [2.05, 4.69) is 67.3 Å². The number of nitrogens with zero attached hydrogens (tertiary/aromatic N) is 2. The molecule has 1 N–H and O–H groups in total. The third-order valence-electron chi connectivity index (χ3n) is 4.50. The van der Waals surface area contributed by atoms with Crippen LogP contribution in [-0.2, 0) is 13.1 Å². The van der Waals surface area contributed by atoms with E-state index in [1.54, 1.807) is 0 Å². The van der Waals surface area contributed by atoms with Crippen LogP contribution in [0.2, 0.25) is 0 Å². The molecule has 1 fully saturated rings. The van der Waals surface area contributed by atoms with Crippen molar-refractivity contribution in [3.8, 4) is 0 Å². The zero-order valence-electron chi connectivity index (χ0n) is 14.1. The molecule has 1 aliphatic rings. The Morgan fingerprint density at radius 3 is 2.38 bits per heavy atom. The van der Waals surface area contributed by atoms with Crippen molar-refractivity contribution in [2.24, 2.45) is 5.92 Å². The monoisotopic (exact) mass is 289 g/mol. The van der Waals surface area contributed by atoms with E-state index < -0.39 is 0 Å². The summed E-state index contributed by atoms with van der Waals surface area (Å²) in [7, 11) is 4.39. The van der Waals surface area contributed by atoms with Crippen molar-refractivity contribution in [3.05, 3.63) is 35.4 Å². The van der Waals surface area contributed by atoms with Gasteiger partial charge in [-0.15, -0.1) is 0 Å². The molecule has 3 nitrogen and oxygen atoms in total. The molecule has 0 aromatic heterocycles. The van der Waals surface area contributed by atoms with Gasteiger partial charge in [-0.3, -0.25) is 4.90 Å². The summed E-state index contributed by atoms with van der Waals surface area (Å²) in [5.74, 6) is 0.762. The lowest BCUT2D eigenvalue weighted by Gasteiger charge is -2.22. The molecule has 1 heterocycles. The summed E-state index contributed by atoms with van der Waals surface area (Å²) in [4.78, 5) is 4.95. The summed E-state index contributed by atoms with van der Waals surface area (Å²) in [5, 5.41) is 3.45. The molecule has 2 rings (SSSR count). The van der Waals surface area contributed by atoms with Crippen molar-refractivity contribution in [3.63, 3.8) is 0 Å². The molecular weight excluding hydrogens is 258 g/mol. The predicted octanol–water partition coefficient (Wildman–Crippen LogP) is 2.57. The average molecular weight is 289 g/mol. The first-order valence-electron chi connectivity index (χ1n) is 8.27. The van der Waals surface area contributed by atoms with Crippen LogP contribution in [-0.4, -0.2) is 49.6 Å². The highest BCUT2D eigenvalue weighted by molar-refractivity contribution is 5.22. The van der Waals surface area contributed by atoms with Crippen molar-refractivity contribution in [1.82, 2.24) is 15.1 Å². The Hall–Kier alpha value is -0.900. The molecule has 1 aromatic rings. The highest BCUT2D eigenvalue weighted by Gasteiger charge is 2.30. The number of likely N-dealkylation sites (N-methyl/N-ethyl adjacent to an activating group) is 1. The molecule has 1 aliphatic heterocycles. The number of rotatable bonds is 7. The molecule has 3 heteroatoms. The van der Waals surface area contributed by atoms with E-state index in [1.165, 1.54) is 30.6 Å². The molecule has 2 unspecified atom stereocenters. The topological polar surface area (TPSA) is 18.5 Å². The third-order valence-corrected chi connectivity index (χ3v) is 4.50. The molecule has 0 saturated carbocycles. The van der Waals surface area contributed by atoms with Gasteiger partial charge in [-0.05, 0) is 44.1 Å². The largest absolute Gasteiger partial charge is 0.313 e. The van der Waals surface area contributed by atoms with Crippen LogP contribution >= 0.6 is 0 Å². The molecule has 118 valence electrons. The summed E-state index contributed by atoms with van der Waals surface area (Å²) in [6, 6.07) is 9.80. The molecule has 0 bridgehead atoms. The van der Waals surface area contributed by atoms with Crippen LogP contribution in [0, 0.1) is 5.92 Å². The van der Waals surface area contributed by atoms with Crippen LogP contribution in [0.15, 0.2) is 24.3 Å². The van der Waals surface area contributed by atoms with Crippen molar-refractivity contribution >= 4 is 0 Å². The van der Waals surface area contributed by atoms with Gasteiger partial charge in [0.2, 0.25) is 0 Å². The number of hydrogen-bond donors (Lipinski definition) is 1. The first-order valence-corrected chi connectivity index (χ1v) is 8.27. The third kappa shape index (κ3) is 4.80. The average Bonchev–Trinajstić information content (AvgIpc) is 2.82. The van der Waals surface area contributed by atoms with E-state index in [0.29, 0.717) is 6.04 Å². The first-order chi connectivity index (χ1) is 10.1. The van der Waals surface area contributed by atoms with E-state index in [4.69, 9.17) is 0 Å². The van der Waals surface area contributed by atoms with Crippen LogP contribution < -0.4 is 5.32 Å². The van der Waals surface area contributed by atoms with Gasteiger partial charge in [0.05, 0.1) is 0 Å². The molecule has 1 aromatic carbocycles. The van der Waals surface area contributed by atoms with Gasteiger partial charge >= 0.3 is 0 Å². The molecule has 2 atom stereocenters. The normalized spacial score (nSPS) is 23.1. The Labute approximate surface area is 130 Å². The van der Waals surface area contributed by atoms with Gasteiger partial charge in [0.15, 0.2) is 0 Å². The fourth-order valence-electron chi connectivity index (χ4n) is 3.28. The van der Waals surface area contributed by atoms with Crippen LogP contribution in [0.1, 0.15) is 31.4 Å². The maximum absolute atomic E-state index is 3.45. The second kappa shape index (κ2) is 7.92. The van der Waals surface area contributed by atoms with E-state index in [-0.39, 0.29) is 0 Å². The number of hydrogen-bond acceptors (Lipinski definition) is 3. The van der Waals surface area contributed by atoms with Crippen LogP contribution in [0.5, 0.6) is 0 Å². The van der Waals surface area contributed by atoms with Gasteiger partial charge in [-0.1, -0.05) is 38.1 Å². The molecule has 0 spiro atoms. The lowest BCUT2D eigenvalue weighted by atomic mass is 10.1. The van der Waals surface area contributed by atoms with Gasteiger partial charge in [0, 0.05) is 32.2 Å². The van der Waals surface area contributed by atoms with Crippen molar-refractivity contribution in [2.75, 3.05) is 33.7 Å². The SMILES string of the molecule is CCCNCc1ccc(CN2CC(C)C(N(C)C)C2)cc1. The summed E-state index contributed by atoms with van der Waals surface area (Å²) in [6.45, 7) is 10.1. The molecule has 0 amide bonds. The van der Waals surface area contributed by atoms with Crippen LogP contribution in [0.25, 0.3) is 0 Å². The van der Waals surface area contributed by atoms with E-state index in [0.717, 1.165) is 25.6 Å². The Kier molecular flexibility index (Phi) is 6.22. The molecule has 0 aliphatic carbocycles. The van der Waals surface area contributed by atoms with Gasteiger partial charge < -0.3 is 10.2 Å². The van der Waals surface area contributed by atoms with Crippen LogP contribution in [0.4, 0.5) is 0 Å². The highest BCUT2D eigenvalue weighted by atomic mass is 15.2. The van der Waals surface area contributed by atoms with Crippen LogP contribution in [0.3, 0.4) is 0 Å². The summed E-state index contributed by atoms with van der Waals surface area (Å²) >= 11 is 0. The van der Waals surface area contributed by atoms with Crippen molar-refractivity contribution < 1.29 is 0 Å². The minimum atomic E-state index is 0.697. The Bertz CT molecular complexity index is 413. The Morgan fingerprint density at radius 1 is 1.14 bits per heavy atom. The number of likely N-dealkylation sites (tertiary alicyclic amines) is 1. The molecule has 0 radical (unpaired) electrons. The molecule has 1 saturated heterocycles. The predicted molar refractivity (Wildman–Crippen MR) is 90.4 cm³/mol. The summed E-state index contributed by atoms with van der Waals surface area (Å²) < 4.78 is 0. The highest BCUT2D eigenvalue weighted by Crippen LogP contribution is 2.21. The maximum atomic E-state index is 3.45. The fraction of sp³-hybridized carbons (Fsp3) is 0.667. The fourth-order valence-corrected chi connectivity index (χ4v) is 3.28. The Morgan fingerprint density at radius 2 is 1.81 bits per heavy atom. The number of nitrogens with one attached hydrogen (secondary N) is 1. The maximum Gasteiger partial charge on any atom is 0.0254 e. The minimum absolute atomic E-state index is 0.697. The van der Waals surface area contributed by atoms with Gasteiger partial charge in [0.25, 0.3) is 0 Å². The van der Waals surface area contributed by atoms with Gasteiger partial charge in [0.1, 0.15) is 0 Å². The second-order valence-electron chi connectivity index (χ2n) is 6.70. The minimum Gasteiger partial charge on any atom is -0.313 e. The van der Waals surface area contributed by atoms with Gasteiger partial charge in [-0.25, -0.2) is 0 Å². The summed E-state index contributed by atoms with van der Waals surface area (Å²) in [6.07, 6.45) is 1.19. The van der Waals surface area contributed by atoms with Crippen molar-refractivity contribution in [1.29, 1.82) is 0 Å². The van der Waals surface area contributed by atoms with E-state index in [1.807, 2.05) is 0 Å².